The number of nitrogens with zero attached hydrogens (tertiary/aromatic N) is 1. The van der Waals surface area contributed by atoms with Crippen LogP contribution < -0.4 is 5.73 Å². The highest BCUT2D eigenvalue weighted by atomic mass is 15.2. The maximum atomic E-state index is 5.89. The van der Waals surface area contributed by atoms with Gasteiger partial charge < -0.3 is 5.73 Å². The predicted octanol–water partition coefficient (Wildman–Crippen LogP) is 1.81. The number of benzene rings is 1. The lowest BCUT2D eigenvalue weighted by atomic mass is 10.2. The van der Waals surface area contributed by atoms with Crippen LogP contribution in [0.2, 0.25) is 0 Å². The van der Waals surface area contributed by atoms with Gasteiger partial charge in [-0.05, 0) is 19.0 Å². The molecule has 1 aromatic carbocycles. The van der Waals surface area contributed by atoms with E-state index in [1.165, 1.54) is 5.56 Å². The number of rotatable bonds is 4. The Morgan fingerprint density at radius 2 is 1.92 bits per heavy atom. The van der Waals surface area contributed by atoms with E-state index in [0.717, 1.165) is 13.0 Å². The van der Waals surface area contributed by atoms with Crippen molar-refractivity contribution in [3.8, 4) is 0 Å². The van der Waals surface area contributed by atoms with Gasteiger partial charge in [0.2, 0.25) is 0 Å². The van der Waals surface area contributed by atoms with E-state index in [1.54, 1.807) is 0 Å². The maximum Gasteiger partial charge on any atom is 0.0569 e. The van der Waals surface area contributed by atoms with Gasteiger partial charge in [0.15, 0.2) is 0 Å². The molecule has 0 heterocycles. The van der Waals surface area contributed by atoms with Crippen LogP contribution in [0.15, 0.2) is 30.3 Å². The van der Waals surface area contributed by atoms with Crippen molar-refractivity contribution >= 4 is 0 Å². The first-order chi connectivity index (χ1) is 6.24. The van der Waals surface area contributed by atoms with Crippen LogP contribution in [0.4, 0.5) is 0 Å². The molecule has 0 saturated carbocycles. The molecule has 1 rings (SSSR count). The van der Waals surface area contributed by atoms with Crippen LogP contribution in [0.5, 0.6) is 0 Å². The van der Waals surface area contributed by atoms with Crippen molar-refractivity contribution < 1.29 is 0 Å². The molecule has 72 valence electrons. The van der Waals surface area contributed by atoms with Gasteiger partial charge in [-0.3, -0.25) is 4.90 Å². The second kappa shape index (κ2) is 5.00. The molecular weight excluding hydrogens is 160 g/mol. The summed E-state index contributed by atoms with van der Waals surface area (Å²) < 4.78 is 0. The number of hydrogen-bond acceptors (Lipinski definition) is 2. The molecule has 0 aliphatic heterocycles. The van der Waals surface area contributed by atoms with Gasteiger partial charge in [0.05, 0.1) is 6.17 Å². The molecule has 0 saturated heterocycles. The second-order valence-electron chi connectivity index (χ2n) is 3.38. The summed E-state index contributed by atoms with van der Waals surface area (Å²) in [4.78, 5) is 2.16. The monoisotopic (exact) mass is 178 g/mol. The first-order valence-corrected chi connectivity index (χ1v) is 4.73. The summed E-state index contributed by atoms with van der Waals surface area (Å²) in [6.45, 7) is 3.03. The molecule has 0 aromatic heterocycles. The molecule has 0 fully saturated rings. The molecule has 0 amide bonds. The first kappa shape index (κ1) is 10.2. The molecule has 2 nitrogen and oxygen atoms in total. The molecule has 0 bridgehead atoms. The molecule has 13 heavy (non-hydrogen) atoms. The summed E-state index contributed by atoms with van der Waals surface area (Å²) in [5.74, 6) is 0. The lowest BCUT2D eigenvalue weighted by Gasteiger charge is -2.23. The Hall–Kier alpha value is -0.860. The molecular formula is C11H18N2. The van der Waals surface area contributed by atoms with Gasteiger partial charge in [-0.2, -0.15) is 0 Å². The summed E-state index contributed by atoms with van der Waals surface area (Å²) in [5, 5.41) is 0. The standard InChI is InChI=1S/C11H18N2/c1-3-11(12)13(2)9-10-7-5-4-6-8-10/h4-8,11H,3,9,12H2,1-2H3. The predicted molar refractivity (Wildman–Crippen MR) is 56.2 cm³/mol. The lowest BCUT2D eigenvalue weighted by molar-refractivity contribution is 0.233. The molecule has 0 spiro atoms. The van der Waals surface area contributed by atoms with E-state index in [9.17, 15) is 0 Å². The molecule has 1 unspecified atom stereocenters. The molecule has 1 aromatic rings. The lowest BCUT2D eigenvalue weighted by Crippen LogP contribution is -2.37. The first-order valence-electron chi connectivity index (χ1n) is 4.73. The number of nitrogens with two attached hydrogens (primary N) is 1. The molecule has 0 radical (unpaired) electrons. The molecule has 1 atom stereocenters. The smallest absolute Gasteiger partial charge is 0.0569 e. The summed E-state index contributed by atoms with van der Waals surface area (Å²) in [6.07, 6.45) is 1.16. The Kier molecular flexibility index (Phi) is 3.93. The van der Waals surface area contributed by atoms with Crippen molar-refractivity contribution in [2.24, 2.45) is 5.73 Å². The Labute approximate surface area is 80.4 Å². The van der Waals surface area contributed by atoms with Gasteiger partial charge in [-0.15, -0.1) is 0 Å². The average molecular weight is 178 g/mol. The zero-order chi connectivity index (χ0) is 9.68. The van der Waals surface area contributed by atoms with Crippen LogP contribution in [-0.2, 0) is 6.54 Å². The van der Waals surface area contributed by atoms with Crippen molar-refractivity contribution in [3.05, 3.63) is 35.9 Å². The fourth-order valence-corrected chi connectivity index (χ4v) is 1.30. The summed E-state index contributed by atoms with van der Waals surface area (Å²) >= 11 is 0. The van der Waals surface area contributed by atoms with Gasteiger partial charge in [0, 0.05) is 6.54 Å². The van der Waals surface area contributed by atoms with Crippen LogP contribution >= 0.6 is 0 Å². The third kappa shape index (κ3) is 3.17. The van der Waals surface area contributed by atoms with Crippen molar-refractivity contribution in [1.29, 1.82) is 0 Å². The third-order valence-electron chi connectivity index (χ3n) is 2.26. The number of hydrogen-bond donors (Lipinski definition) is 1. The third-order valence-corrected chi connectivity index (χ3v) is 2.26. The van der Waals surface area contributed by atoms with Gasteiger partial charge >= 0.3 is 0 Å². The Morgan fingerprint density at radius 3 is 2.46 bits per heavy atom. The van der Waals surface area contributed by atoms with Crippen molar-refractivity contribution in [1.82, 2.24) is 4.90 Å². The average Bonchev–Trinajstić information content (AvgIpc) is 2.18. The highest BCUT2D eigenvalue weighted by molar-refractivity contribution is 5.14. The molecule has 0 aliphatic rings. The summed E-state index contributed by atoms with van der Waals surface area (Å²) in [5.41, 5.74) is 7.20. The van der Waals surface area contributed by atoms with Crippen LogP contribution in [0.3, 0.4) is 0 Å². The zero-order valence-corrected chi connectivity index (χ0v) is 8.40. The van der Waals surface area contributed by atoms with Crippen molar-refractivity contribution in [2.75, 3.05) is 7.05 Å². The molecule has 2 heteroatoms. The van der Waals surface area contributed by atoms with Crippen LogP contribution in [0.25, 0.3) is 0 Å². The van der Waals surface area contributed by atoms with E-state index in [-0.39, 0.29) is 6.17 Å². The normalized spacial score (nSPS) is 13.2. The minimum atomic E-state index is 0.167. The maximum absolute atomic E-state index is 5.89. The molecule has 0 aliphatic carbocycles. The van der Waals surface area contributed by atoms with E-state index in [0.29, 0.717) is 0 Å². The van der Waals surface area contributed by atoms with Crippen molar-refractivity contribution in [2.45, 2.75) is 26.1 Å². The summed E-state index contributed by atoms with van der Waals surface area (Å²) in [6, 6.07) is 10.4. The second-order valence-corrected chi connectivity index (χ2v) is 3.38. The summed E-state index contributed by atoms with van der Waals surface area (Å²) in [7, 11) is 2.06. The fraction of sp³-hybridized carbons (Fsp3) is 0.455. The fourth-order valence-electron chi connectivity index (χ4n) is 1.30. The highest BCUT2D eigenvalue weighted by Gasteiger charge is 2.06. The Bertz CT molecular complexity index is 233. The quantitative estimate of drug-likeness (QED) is 0.712. The zero-order valence-electron chi connectivity index (χ0n) is 8.40. The minimum absolute atomic E-state index is 0.167. The van der Waals surface area contributed by atoms with Crippen molar-refractivity contribution in [3.63, 3.8) is 0 Å². The van der Waals surface area contributed by atoms with Crippen LogP contribution in [0.1, 0.15) is 18.9 Å². The van der Waals surface area contributed by atoms with Gasteiger partial charge in [0.25, 0.3) is 0 Å². The Morgan fingerprint density at radius 1 is 1.31 bits per heavy atom. The topological polar surface area (TPSA) is 29.3 Å². The van der Waals surface area contributed by atoms with E-state index >= 15 is 0 Å². The van der Waals surface area contributed by atoms with Crippen LogP contribution in [0, 0.1) is 0 Å². The van der Waals surface area contributed by atoms with Gasteiger partial charge in [0.1, 0.15) is 0 Å². The van der Waals surface area contributed by atoms with Gasteiger partial charge in [-0.25, -0.2) is 0 Å². The largest absolute Gasteiger partial charge is 0.316 e. The van der Waals surface area contributed by atoms with E-state index in [2.05, 4.69) is 43.1 Å². The Balaban J connectivity index is 2.50. The SMILES string of the molecule is CCC(N)N(C)Cc1ccccc1. The minimum Gasteiger partial charge on any atom is -0.316 e. The van der Waals surface area contributed by atoms with Gasteiger partial charge in [-0.1, -0.05) is 37.3 Å². The van der Waals surface area contributed by atoms with E-state index < -0.39 is 0 Å². The molecule has 2 N–H and O–H groups in total. The van der Waals surface area contributed by atoms with E-state index in [1.807, 2.05) is 6.07 Å². The van der Waals surface area contributed by atoms with E-state index in [4.69, 9.17) is 5.73 Å². The van der Waals surface area contributed by atoms with Crippen LogP contribution in [-0.4, -0.2) is 18.1 Å². The highest BCUT2D eigenvalue weighted by Crippen LogP contribution is 2.04.